The predicted octanol–water partition coefficient (Wildman–Crippen LogP) is 3.02. The van der Waals surface area contributed by atoms with Crippen molar-refractivity contribution in [2.24, 2.45) is 16.3 Å². The van der Waals surface area contributed by atoms with E-state index in [-0.39, 0.29) is 0 Å². The van der Waals surface area contributed by atoms with Crippen LogP contribution in [-0.4, -0.2) is 37.0 Å². The first-order chi connectivity index (χ1) is 9.31. The van der Waals surface area contributed by atoms with E-state index in [1.165, 1.54) is 70.4 Å². The molecule has 1 aliphatic heterocycles. The van der Waals surface area contributed by atoms with Crippen LogP contribution < -0.4 is 5.32 Å². The Morgan fingerprint density at radius 3 is 2.74 bits per heavy atom. The molecule has 0 bridgehead atoms. The van der Waals surface area contributed by atoms with Gasteiger partial charge in [-0.2, -0.15) is 0 Å². The predicted molar refractivity (Wildman–Crippen MR) is 80.4 cm³/mol. The molecule has 0 aromatic heterocycles. The molecule has 0 atom stereocenters. The summed E-state index contributed by atoms with van der Waals surface area (Å²) in [5.41, 5.74) is 0.646. The molecule has 2 aliphatic carbocycles. The van der Waals surface area contributed by atoms with Crippen molar-refractivity contribution in [1.82, 2.24) is 10.2 Å². The summed E-state index contributed by atoms with van der Waals surface area (Å²) in [6, 6.07) is 0. The summed E-state index contributed by atoms with van der Waals surface area (Å²) >= 11 is 0. The molecule has 2 saturated carbocycles. The van der Waals surface area contributed by atoms with Crippen LogP contribution in [0, 0.1) is 11.3 Å². The molecule has 3 fully saturated rings. The number of hydrogen-bond donors (Lipinski definition) is 1. The quantitative estimate of drug-likeness (QED) is 0.623. The number of aliphatic imine (C=N–C) groups is 1. The third-order valence-corrected chi connectivity index (χ3v) is 5.23. The highest BCUT2D eigenvalue weighted by atomic mass is 15.3. The minimum absolute atomic E-state index is 0.646. The third-order valence-electron chi connectivity index (χ3n) is 5.23. The Balaban J connectivity index is 1.56. The van der Waals surface area contributed by atoms with Gasteiger partial charge in [0.1, 0.15) is 0 Å². The van der Waals surface area contributed by atoms with Crippen LogP contribution in [0.4, 0.5) is 0 Å². The topological polar surface area (TPSA) is 27.6 Å². The Morgan fingerprint density at radius 2 is 2.05 bits per heavy atom. The van der Waals surface area contributed by atoms with Gasteiger partial charge in [0, 0.05) is 26.2 Å². The Morgan fingerprint density at radius 1 is 1.26 bits per heavy atom. The van der Waals surface area contributed by atoms with Crippen LogP contribution in [0.25, 0.3) is 0 Å². The summed E-state index contributed by atoms with van der Waals surface area (Å²) in [7, 11) is 0. The van der Waals surface area contributed by atoms with E-state index < -0.39 is 0 Å². The molecule has 1 heterocycles. The van der Waals surface area contributed by atoms with Crippen LogP contribution in [0.5, 0.6) is 0 Å². The average molecular weight is 263 g/mol. The van der Waals surface area contributed by atoms with Gasteiger partial charge in [-0.05, 0) is 43.9 Å². The van der Waals surface area contributed by atoms with Crippen molar-refractivity contribution in [2.75, 3.05) is 26.2 Å². The van der Waals surface area contributed by atoms with E-state index >= 15 is 0 Å². The first-order valence-electron chi connectivity index (χ1n) is 8.35. The fourth-order valence-electron chi connectivity index (χ4n) is 3.83. The maximum Gasteiger partial charge on any atom is 0.193 e. The molecule has 3 rings (SSSR count). The number of guanidine groups is 1. The van der Waals surface area contributed by atoms with Crippen LogP contribution in [0.1, 0.15) is 58.3 Å². The third kappa shape index (κ3) is 3.24. The maximum absolute atomic E-state index is 4.86. The van der Waals surface area contributed by atoms with Crippen molar-refractivity contribution >= 4 is 5.96 Å². The van der Waals surface area contributed by atoms with Gasteiger partial charge in [0.15, 0.2) is 5.96 Å². The molecule has 108 valence electrons. The first-order valence-corrected chi connectivity index (χ1v) is 8.35. The number of rotatable bonds is 4. The lowest BCUT2D eigenvalue weighted by atomic mass is 9.86. The van der Waals surface area contributed by atoms with Gasteiger partial charge in [-0.3, -0.25) is 4.99 Å². The Kier molecular flexibility index (Phi) is 3.99. The minimum Gasteiger partial charge on any atom is -0.357 e. The molecule has 0 radical (unpaired) electrons. The van der Waals surface area contributed by atoms with Gasteiger partial charge >= 0.3 is 0 Å². The lowest BCUT2D eigenvalue weighted by Crippen LogP contribution is -2.41. The average Bonchev–Trinajstić information content (AvgIpc) is 2.98. The zero-order valence-corrected chi connectivity index (χ0v) is 12.5. The van der Waals surface area contributed by atoms with E-state index in [1.807, 2.05) is 0 Å². The summed E-state index contributed by atoms with van der Waals surface area (Å²) in [5, 5.41) is 3.50. The largest absolute Gasteiger partial charge is 0.357 e. The van der Waals surface area contributed by atoms with Crippen molar-refractivity contribution in [3.63, 3.8) is 0 Å². The van der Waals surface area contributed by atoms with E-state index in [2.05, 4.69) is 17.1 Å². The van der Waals surface area contributed by atoms with Gasteiger partial charge in [-0.1, -0.05) is 25.7 Å². The first kappa shape index (κ1) is 13.3. The number of hydrogen-bond acceptors (Lipinski definition) is 1. The normalized spacial score (nSPS) is 26.4. The monoisotopic (exact) mass is 263 g/mol. The van der Waals surface area contributed by atoms with Crippen LogP contribution in [0.15, 0.2) is 4.99 Å². The smallest absolute Gasteiger partial charge is 0.193 e. The molecule has 1 N–H and O–H groups in total. The van der Waals surface area contributed by atoms with Crippen LogP contribution in [0.3, 0.4) is 0 Å². The standard InChI is InChI=1S/C16H29N3/c1-2-17-15(18-11-7-14-5-6-14)19-12-10-16(13-19)8-3-4-9-16/h14H,2-13H2,1H3,(H,17,18). The van der Waals surface area contributed by atoms with Gasteiger partial charge in [0.05, 0.1) is 0 Å². The number of nitrogens with one attached hydrogen (secondary N) is 1. The Labute approximate surface area is 117 Å². The molecule has 3 heteroatoms. The molecule has 1 spiro atoms. The van der Waals surface area contributed by atoms with Gasteiger partial charge in [-0.25, -0.2) is 0 Å². The molecular formula is C16H29N3. The van der Waals surface area contributed by atoms with Gasteiger partial charge in [0.25, 0.3) is 0 Å². The molecule has 0 aromatic carbocycles. The Bertz CT molecular complexity index is 327. The van der Waals surface area contributed by atoms with E-state index in [1.54, 1.807) is 0 Å². The van der Waals surface area contributed by atoms with E-state index in [4.69, 9.17) is 4.99 Å². The van der Waals surface area contributed by atoms with E-state index in [0.717, 1.165) is 19.0 Å². The SMILES string of the molecule is CCNC(=NCCC1CC1)N1CCC2(CCCC2)C1. The van der Waals surface area contributed by atoms with Gasteiger partial charge in [-0.15, -0.1) is 0 Å². The second-order valence-corrected chi connectivity index (χ2v) is 6.85. The zero-order valence-electron chi connectivity index (χ0n) is 12.5. The van der Waals surface area contributed by atoms with Crippen molar-refractivity contribution in [1.29, 1.82) is 0 Å². The minimum atomic E-state index is 0.646. The summed E-state index contributed by atoms with van der Waals surface area (Å²) < 4.78 is 0. The number of nitrogens with zero attached hydrogens (tertiary/aromatic N) is 2. The van der Waals surface area contributed by atoms with Crippen LogP contribution in [0.2, 0.25) is 0 Å². The highest BCUT2D eigenvalue weighted by Gasteiger charge is 2.41. The van der Waals surface area contributed by atoms with E-state index in [9.17, 15) is 0 Å². The van der Waals surface area contributed by atoms with Crippen molar-refractivity contribution < 1.29 is 0 Å². The zero-order chi connectivity index (χ0) is 13.1. The maximum atomic E-state index is 4.86. The second kappa shape index (κ2) is 5.72. The van der Waals surface area contributed by atoms with Crippen molar-refractivity contribution in [2.45, 2.75) is 58.3 Å². The fourth-order valence-corrected chi connectivity index (χ4v) is 3.83. The van der Waals surface area contributed by atoms with Crippen LogP contribution >= 0.6 is 0 Å². The molecule has 0 aromatic rings. The summed E-state index contributed by atoms with van der Waals surface area (Å²) in [6.07, 6.45) is 11.4. The highest BCUT2D eigenvalue weighted by Crippen LogP contribution is 2.45. The lowest BCUT2D eigenvalue weighted by molar-refractivity contribution is 0.309. The molecule has 19 heavy (non-hydrogen) atoms. The Hall–Kier alpha value is -0.730. The highest BCUT2D eigenvalue weighted by molar-refractivity contribution is 5.80. The van der Waals surface area contributed by atoms with Gasteiger partial charge in [0.2, 0.25) is 0 Å². The second-order valence-electron chi connectivity index (χ2n) is 6.85. The lowest BCUT2D eigenvalue weighted by Gasteiger charge is -2.26. The van der Waals surface area contributed by atoms with Crippen molar-refractivity contribution in [3.05, 3.63) is 0 Å². The molecule has 1 saturated heterocycles. The van der Waals surface area contributed by atoms with Crippen LogP contribution in [-0.2, 0) is 0 Å². The molecule has 3 aliphatic rings. The molecular weight excluding hydrogens is 234 g/mol. The molecule has 0 amide bonds. The van der Waals surface area contributed by atoms with E-state index in [0.29, 0.717) is 5.41 Å². The summed E-state index contributed by atoms with van der Waals surface area (Å²) in [6.45, 7) is 6.66. The summed E-state index contributed by atoms with van der Waals surface area (Å²) in [4.78, 5) is 7.39. The molecule has 0 unspecified atom stereocenters. The van der Waals surface area contributed by atoms with Crippen molar-refractivity contribution in [3.8, 4) is 0 Å². The number of likely N-dealkylation sites (tertiary alicyclic amines) is 1. The summed E-state index contributed by atoms with van der Waals surface area (Å²) in [5.74, 6) is 2.18. The molecule has 3 nitrogen and oxygen atoms in total. The van der Waals surface area contributed by atoms with Gasteiger partial charge < -0.3 is 10.2 Å². The fraction of sp³-hybridized carbons (Fsp3) is 0.938.